The van der Waals surface area contributed by atoms with Gasteiger partial charge in [0.05, 0.1) is 17.3 Å². The van der Waals surface area contributed by atoms with Gasteiger partial charge < -0.3 is 9.73 Å². The van der Waals surface area contributed by atoms with Crippen molar-refractivity contribution in [2.45, 2.75) is 52.1 Å². The molecule has 0 saturated heterocycles. The van der Waals surface area contributed by atoms with Crippen molar-refractivity contribution >= 4 is 15.9 Å². The molecular formula is C12H20BrNO. The second-order valence-electron chi connectivity index (χ2n) is 3.89. The zero-order chi connectivity index (χ0) is 11.3. The Balaban J connectivity index is 2.58. The Labute approximate surface area is 101 Å². The van der Waals surface area contributed by atoms with Gasteiger partial charge in [0.15, 0.2) is 0 Å². The zero-order valence-corrected chi connectivity index (χ0v) is 11.4. The molecule has 0 atom stereocenters. The fraction of sp³-hybridized carbons (Fsp3) is 0.667. The smallest absolute Gasteiger partial charge is 0.131 e. The molecule has 0 radical (unpaired) electrons. The first-order valence-corrected chi connectivity index (χ1v) is 6.43. The number of furan rings is 1. The quantitative estimate of drug-likeness (QED) is 0.844. The van der Waals surface area contributed by atoms with Gasteiger partial charge >= 0.3 is 0 Å². The maximum atomic E-state index is 5.38. The third-order valence-corrected chi connectivity index (χ3v) is 4.05. The van der Waals surface area contributed by atoms with Gasteiger partial charge in [0.25, 0.3) is 0 Å². The minimum Gasteiger partial charge on any atom is -0.467 e. The van der Waals surface area contributed by atoms with Crippen LogP contribution in [-0.4, -0.2) is 5.54 Å². The molecule has 15 heavy (non-hydrogen) atoms. The lowest BCUT2D eigenvalue weighted by Gasteiger charge is -2.31. The number of nitrogens with one attached hydrogen (secondary N) is 1. The van der Waals surface area contributed by atoms with Gasteiger partial charge in [-0.25, -0.2) is 0 Å². The van der Waals surface area contributed by atoms with Crippen LogP contribution < -0.4 is 5.32 Å². The van der Waals surface area contributed by atoms with Crippen molar-refractivity contribution in [1.82, 2.24) is 5.32 Å². The maximum absolute atomic E-state index is 5.38. The second-order valence-corrected chi connectivity index (χ2v) is 4.74. The monoisotopic (exact) mass is 273 g/mol. The predicted octanol–water partition coefficient (Wildman–Crippen LogP) is 4.10. The van der Waals surface area contributed by atoms with E-state index in [0.29, 0.717) is 0 Å². The van der Waals surface area contributed by atoms with Crippen molar-refractivity contribution in [3.63, 3.8) is 0 Å². The van der Waals surface area contributed by atoms with E-state index < -0.39 is 0 Å². The van der Waals surface area contributed by atoms with Crippen molar-refractivity contribution in [2.75, 3.05) is 0 Å². The van der Waals surface area contributed by atoms with Crippen molar-refractivity contribution in [3.8, 4) is 0 Å². The summed E-state index contributed by atoms with van der Waals surface area (Å²) in [5.74, 6) is 0.981. The van der Waals surface area contributed by atoms with Gasteiger partial charge in [-0.05, 0) is 41.3 Å². The van der Waals surface area contributed by atoms with E-state index in [0.717, 1.165) is 36.0 Å². The molecular weight excluding hydrogens is 254 g/mol. The van der Waals surface area contributed by atoms with Gasteiger partial charge in [0.1, 0.15) is 5.76 Å². The molecule has 0 fully saturated rings. The zero-order valence-electron chi connectivity index (χ0n) is 9.77. The number of halogens is 1. The standard InChI is InChI=1S/C12H20BrNO/c1-4-12(5-2,6-3)14-9-11-10(13)7-8-15-11/h7-8,14H,4-6,9H2,1-3H3. The molecule has 1 aromatic rings. The van der Waals surface area contributed by atoms with E-state index in [-0.39, 0.29) is 5.54 Å². The second kappa shape index (κ2) is 5.71. The highest BCUT2D eigenvalue weighted by atomic mass is 79.9. The van der Waals surface area contributed by atoms with Gasteiger partial charge in [-0.3, -0.25) is 0 Å². The van der Waals surface area contributed by atoms with Crippen LogP contribution in [-0.2, 0) is 6.54 Å². The van der Waals surface area contributed by atoms with Crippen LogP contribution >= 0.6 is 15.9 Å². The molecule has 86 valence electrons. The van der Waals surface area contributed by atoms with E-state index in [1.807, 2.05) is 6.07 Å². The van der Waals surface area contributed by atoms with Crippen LogP contribution in [0.4, 0.5) is 0 Å². The van der Waals surface area contributed by atoms with Gasteiger partial charge in [-0.1, -0.05) is 20.8 Å². The van der Waals surface area contributed by atoms with Gasteiger partial charge in [0.2, 0.25) is 0 Å². The molecule has 1 N–H and O–H groups in total. The van der Waals surface area contributed by atoms with Crippen molar-refractivity contribution < 1.29 is 4.42 Å². The summed E-state index contributed by atoms with van der Waals surface area (Å²) >= 11 is 3.47. The highest BCUT2D eigenvalue weighted by Gasteiger charge is 2.23. The van der Waals surface area contributed by atoms with E-state index in [4.69, 9.17) is 4.42 Å². The van der Waals surface area contributed by atoms with Crippen molar-refractivity contribution in [1.29, 1.82) is 0 Å². The normalized spacial score (nSPS) is 12.0. The van der Waals surface area contributed by atoms with Crippen LogP contribution in [0.15, 0.2) is 21.2 Å². The molecule has 0 aliphatic carbocycles. The predicted molar refractivity (Wildman–Crippen MR) is 66.9 cm³/mol. The summed E-state index contributed by atoms with van der Waals surface area (Å²) in [6.07, 6.45) is 5.17. The molecule has 1 heterocycles. The van der Waals surface area contributed by atoms with E-state index >= 15 is 0 Å². The first kappa shape index (κ1) is 12.8. The van der Waals surface area contributed by atoms with Crippen LogP contribution in [0.5, 0.6) is 0 Å². The fourth-order valence-corrected chi connectivity index (χ4v) is 2.19. The largest absolute Gasteiger partial charge is 0.467 e. The van der Waals surface area contributed by atoms with Crippen LogP contribution in [0.2, 0.25) is 0 Å². The minimum atomic E-state index is 0.256. The summed E-state index contributed by atoms with van der Waals surface area (Å²) in [6, 6.07) is 1.93. The summed E-state index contributed by atoms with van der Waals surface area (Å²) in [4.78, 5) is 0. The Morgan fingerprint density at radius 2 is 1.87 bits per heavy atom. The first-order valence-electron chi connectivity index (χ1n) is 5.64. The molecule has 1 rings (SSSR count). The average molecular weight is 274 g/mol. The molecule has 0 amide bonds. The SMILES string of the molecule is CCC(CC)(CC)NCc1occc1Br. The molecule has 0 saturated carbocycles. The average Bonchev–Trinajstić information content (AvgIpc) is 2.67. The van der Waals surface area contributed by atoms with Crippen LogP contribution in [0, 0.1) is 0 Å². The highest BCUT2D eigenvalue weighted by Crippen LogP contribution is 2.22. The van der Waals surface area contributed by atoms with Crippen molar-refractivity contribution in [2.24, 2.45) is 0 Å². The molecule has 0 aliphatic rings. The Bertz CT molecular complexity index is 283. The molecule has 0 unspecified atom stereocenters. The highest BCUT2D eigenvalue weighted by molar-refractivity contribution is 9.10. The number of hydrogen-bond donors (Lipinski definition) is 1. The third-order valence-electron chi connectivity index (χ3n) is 3.35. The molecule has 3 heteroatoms. The van der Waals surface area contributed by atoms with Crippen LogP contribution in [0.1, 0.15) is 45.8 Å². The summed E-state index contributed by atoms with van der Waals surface area (Å²) in [5, 5.41) is 3.60. The first-order chi connectivity index (χ1) is 7.17. The molecule has 0 aromatic carbocycles. The summed E-state index contributed by atoms with van der Waals surface area (Å²) in [5.41, 5.74) is 0.256. The molecule has 1 aromatic heterocycles. The lowest BCUT2D eigenvalue weighted by atomic mass is 9.90. The van der Waals surface area contributed by atoms with E-state index in [2.05, 4.69) is 42.0 Å². The lowest BCUT2D eigenvalue weighted by molar-refractivity contribution is 0.277. The summed E-state index contributed by atoms with van der Waals surface area (Å²) in [6.45, 7) is 7.49. The fourth-order valence-electron chi connectivity index (χ4n) is 1.84. The summed E-state index contributed by atoms with van der Waals surface area (Å²) < 4.78 is 6.43. The van der Waals surface area contributed by atoms with Gasteiger partial charge in [-0.2, -0.15) is 0 Å². The maximum Gasteiger partial charge on any atom is 0.131 e. The molecule has 0 bridgehead atoms. The Hall–Kier alpha value is -0.280. The Morgan fingerprint density at radius 1 is 1.27 bits per heavy atom. The molecule has 0 aliphatic heterocycles. The van der Waals surface area contributed by atoms with Crippen molar-refractivity contribution in [3.05, 3.63) is 22.6 Å². The number of hydrogen-bond acceptors (Lipinski definition) is 2. The van der Waals surface area contributed by atoms with Gasteiger partial charge in [0, 0.05) is 5.54 Å². The topological polar surface area (TPSA) is 25.2 Å². The Morgan fingerprint density at radius 3 is 2.27 bits per heavy atom. The molecule has 0 spiro atoms. The van der Waals surface area contributed by atoms with E-state index in [1.54, 1.807) is 6.26 Å². The van der Waals surface area contributed by atoms with Crippen LogP contribution in [0.3, 0.4) is 0 Å². The summed E-state index contributed by atoms with van der Waals surface area (Å²) in [7, 11) is 0. The number of rotatable bonds is 6. The van der Waals surface area contributed by atoms with Crippen LogP contribution in [0.25, 0.3) is 0 Å². The Kier molecular flexibility index (Phi) is 4.87. The van der Waals surface area contributed by atoms with E-state index in [1.165, 1.54) is 0 Å². The van der Waals surface area contributed by atoms with Gasteiger partial charge in [-0.15, -0.1) is 0 Å². The third kappa shape index (κ3) is 3.08. The minimum absolute atomic E-state index is 0.256. The molecule has 2 nitrogen and oxygen atoms in total. The lowest BCUT2D eigenvalue weighted by Crippen LogP contribution is -2.43. The van der Waals surface area contributed by atoms with E-state index in [9.17, 15) is 0 Å².